The van der Waals surface area contributed by atoms with E-state index in [0.29, 0.717) is 17.9 Å². The SMILES string of the molecule is Nc1nc(N)c2cc(NCc3ccccc3O)ccc2n1. The number of phenols is 1. The summed E-state index contributed by atoms with van der Waals surface area (Å²) in [4.78, 5) is 8.08. The van der Waals surface area contributed by atoms with Gasteiger partial charge in [0.05, 0.1) is 5.52 Å². The molecule has 0 radical (unpaired) electrons. The minimum atomic E-state index is 0.162. The quantitative estimate of drug-likeness (QED) is 0.585. The van der Waals surface area contributed by atoms with E-state index in [0.717, 1.165) is 16.6 Å². The lowest BCUT2D eigenvalue weighted by Crippen LogP contribution is -2.02. The van der Waals surface area contributed by atoms with E-state index in [9.17, 15) is 5.11 Å². The maximum atomic E-state index is 9.74. The van der Waals surface area contributed by atoms with Crippen LogP contribution in [0.15, 0.2) is 42.5 Å². The molecule has 1 heterocycles. The van der Waals surface area contributed by atoms with Gasteiger partial charge in [0, 0.05) is 23.2 Å². The number of nitrogens with two attached hydrogens (primary N) is 2. The van der Waals surface area contributed by atoms with E-state index in [2.05, 4.69) is 15.3 Å². The molecule has 2 aromatic carbocycles. The molecule has 6 N–H and O–H groups in total. The lowest BCUT2D eigenvalue weighted by atomic mass is 10.1. The molecule has 0 atom stereocenters. The summed E-state index contributed by atoms with van der Waals surface area (Å²) >= 11 is 0. The van der Waals surface area contributed by atoms with Gasteiger partial charge in [0.25, 0.3) is 0 Å². The van der Waals surface area contributed by atoms with Gasteiger partial charge in [0.2, 0.25) is 5.95 Å². The second-order valence-electron chi connectivity index (χ2n) is 4.68. The Morgan fingerprint density at radius 2 is 1.86 bits per heavy atom. The van der Waals surface area contributed by atoms with Gasteiger partial charge in [0.1, 0.15) is 11.6 Å². The van der Waals surface area contributed by atoms with Crippen LogP contribution in [0.5, 0.6) is 5.75 Å². The molecule has 6 heteroatoms. The molecule has 6 nitrogen and oxygen atoms in total. The highest BCUT2D eigenvalue weighted by atomic mass is 16.3. The number of para-hydroxylation sites is 1. The van der Waals surface area contributed by atoms with Gasteiger partial charge in [-0.2, -0.15) is 4.98 Å². The van der Waals surface area contributed by atoms with Gasteiger partial charge in [-0.25, -0.2) is 4.98 Å². The first-order chi connectivity index (χ1) is 10.1. The van der Waals surface area contributed by atoms with Gasteiger partial charge < -0.3 is 21.9 Å². The average Bonchev–Trinajstić information content (AvgIpc) is 2.46. The first-order valence-corrected chi connectivity index (χ1v) is 6.47. The Morgan fingerprint density at radius 3 is 2.67 bits per heavy atom. The van der Waals surface area contributed by atoms with Crippen molar-refractivity contribution in [1.29, 1.82) is 0 Å². The lowest BCUT2D eigenvalue weighted by Gasteiger charge is -2.09. The van der Waals surface area contributed by atoms with Crippen molar-refractivity contribution in [2.24, 2.45) is 0 Å². The number of nitrogen functional groups attached to an aromatic ring is 2. The zero-order chi connectivity index (χ0) is 14.8. The van der Waals surface area contributed by atoms with E-state index < -0.39 is 0 Å². The molecule has 0 amide bonds. The summed E-state index contributed by atoms with van der Waals surface area (Å²) < 4.78 is 0. The van der Waals surface area contributed by atoms with Crippen LogP contribution in [0.3, 0.4) is 0 Å². The number of aromatic nitrogens is 2. The van der Waals surface area contributed by atoms with Crippen LogP contribution >= 0.6 is 0 Å². The number of hydrogen-bond acceptors (Lipinski definition) is 6. The molecule has 0 bridgehead atoms. The fraction of sp³-hybridized carbons (Fsp3) is 0.0667. The van der Waals surface area contributed by atoms with Gasteiger partial charge in [-0.05, 0) is 24.3 Å². The summed E-state index contributed by atoms with van der Waals surface area (Å²) in [5.74, 6) is 0.778. The molecule has 0 aliphatic heterocycles. The minimum Gasteiger partial charge on any atom is -0.508 e. The maximum absolute atomic E-state index is 9.74. The summed E-state index contributed by atoms with van der Waals surface area (Å²) in [5.41, 5.74) is 13.8. The first-order valence-electron chi connectivity index (χ1n) is 6.47. The fourth-order valence-electron chi connectivity index (χ4n) is 2.14. The molecule has 0 unspecified atom stereocenters. The van der Waals surface area contributed by atoms with Crippen molar-refractivity contribution in [2.75, 3.05) is 16.8 Å². The molecule has 0 spiro atoms. The predicted molar refractivity (Wildman–Crippen MR) is 83.8 cm³/mol. The Balaban J connectivity index is 1.87. The average molecular weight is 281 g/mol. The normalized spacial score (nSPS) is 10.7. The number of nitrogens with one attached hydrogen (secondary N) is 1. The minimum absolute atomic E-state index is 0.162. The van der Waals surface area contributed by atoms with Gasteiger partial charge >= 0.3 is 0 Å². The van der Waals surface area contributed by atoms with Gasteiger partial charge in [0.15, 0.2) is 0 Å². The van der Waals surface area contributed by atoms with Crippen LogP contribution in [-0.4, -0.2) is 15.1 Å². The van der Waals surface area contributed by atoms with Crippen LogP contribution in [0, 0.1) is 0 Å². The molecule has 0 saturated heterocycles. The van der Waals surface area contributed by atoms with Crippen molar-refractivity contribution in [3.05, 3.63) is 48.0 Å². The third-order valence-electron chi connectivity index (χ3n) is 3.22. The van der Waals surface area contributed by atoms with E-state index in [1.165, 1.54) is 0 Å². The number of hydrogen-bond donors (Lipinski definition) is 4. The zero-order valence-electron chi connectivity index (χ0n) is 11.2. The van der Waals surface area contributed by atoms with Crippen molar-refractivity contribution in [3.63, 3.8) is 0 Å². The highest BCUT2D eigenvalue weighted by Crippen LogP contribution is 2.24. The molecule has 3 rings (SSSR count). The van der Waals surface area contributed by atoms with Crippen LogP contribution in [-0.2, 0) is 6.54 Å². The Labute approximate surface area is 121 Å². The van der Waals surface area contributed by atoms with Crippen molar-refractivity contribution in [2.45, 2.75) is 6.54 Å². The maximum Gasteiger partial charge on any atom is 0.222 e. The van der Waals surface area contributed by atoms with E-state index in [-0.39, 0.29) is 11.7 Å². The third kappa shape index (κ3) is 2.64. The summed E-state index contributed by atoms with van der Waals surface area (Å²) in [6.07, 6.45) is 0. The molecule has 1 aromatic heterocycles. The second kappa shape index (κ2) is 5.16. The molecule has 21 heavy (non-hydrogen) atoms. The third-order valence-corrected chi connectivity index (χ3v) is 3.22. The van der Waals surface area contributed by atoms with Gasteiger partial charge in [-0.1, -0.05) is 18.2 Å². The van der Waals surface area contributed by atoms with Crippen LogP contribution in [0.1, 0.15) is 5.56 Å². The van der Waals surface area contributed by atoms with Crippen LogP contribution in [0.2, 0.25) is 0 Å². The molecule has 0 aliphatic carbocycles. The molecule has 0 saturated carbocycles. The Hall–Kier alpha value is -3.02. The molecule has 3 aromatic rings. The van der Waals surface area contributed by atoms with Crippen molar-refractivity contribution in [1.82, 2.24) is 9.97 Å². The van der Waals surface area contributed by atoms with Crippen molar-refractivity contribution < 1.29 is 5.11 Å². The largest absolute Gasteiger partial charge is 0.508 e. The summed E-state index contributed by atoms with van der Waals surface area (Å²) in [6, 6.07) is 12.8. The molecule has 0 fully saturated rings. The van der Waals surface area contributed by atoms with E-state index in [1.54, 1.807) is 12.1 Å². The number of phenolic OH excluding ortho intramolecular Hbond substituents is 1. The zero-order valence-corrected chi connectivity index (χ0v) is 11.2. The fourth-order valence-corrected chi connectivity index (χ4v) is 2.14. The Kier molecular flexibility index (Phi) is 3.19. The number of rotatable bonds is 3. The molecular formula is C15H15N5O. The van der Waals surface area contributed by atoms with E-state index in [4.69, 9.17) is 11.5 Å². The summed E-state index contributed by atoms with van der Waals surface area (Å²) in [5, 5.41) is 13.7. The number of fused-ring (bicyclic) bond motifs is 1. The van der Waals surface area contributed by atoms with Gasteiger partial charge in [-0.15, -0.1) is 0 Å². The van der Waals surface area contributed by atoms with E-state index in [1.807, 2.05) is 30.3 Å². The highest BCUT2D eigenvalue weighted by Gasteiger charge is 2.05. The number of benzene rings is 2. The summed E-state index contributed by atoms with van der Waals surface area (Å²) in [7, 11) is 0. The molecule has 0 aliphatic rings. The monoisotopic (exact) mass is 281 g/mol. The first kappa shape index (κ1) is 13.0. The van der Waals surface area contributed by atoms with Gasteiger partial charge in [-0.3, -0.25) is 0 Å². The van der Waals surface area contributed by atoms with Crippen molar-refractivity contribution in [3.8, 4) is 5.75 Å². The van der Waals surface area contributed by atoms with Crippen LogP contribution in [0.4, 0.5) is 17.5 Å². The number of aromatic hydroxyl groups is 1. The van der Waals surface area contributed by atoms with Crippen molar-refractivity contribution >= 4 is 28.4 Å². The van der Waals surface area contributed by atoms with E-state index >= 15 is 0 Å². The van der Waals surface area contributed by atoms with Crippen LogP contribution < -0.4 is 16.8 Å². The predicted octanol–water partition coefficient (Wildman–Crippen LogP) is 2.11. The lowest BCUT2D eigenvalue weighted by molar-refractivity contribution is 0.469. The number of nitrogens with zero attached hydrogens (tertiary/aromatic N) is 2. The highest BCUT2D eigenvalue weighted by molar-refractivity contribution is 5.91. The van der Waals surface area contributed by atoms with Crippen LogP contribution in [0.25, 0.3) is 10.9 Å². The second-order valence-corrected chi connectivity index (χ2v) is 4.68. The molecular weight excluding hydrogens is 266 g/mol. The smallest absolute Gasteiger partial charge is 0.222 e. The topological polar surface area (TPSA) is 110 Å². The number of anilines is 3. The summed E-state index contributed by atoms with van der Waals surface area (Å²) in [6.45, 7) is 0.508. The molecule has 106 valence electrons. The Morgan fingerprint density at radius 1 is 1.05 bits per heavy atom. The Bertz CT molecular complexity index is 803. The standard InChI is InChI=1S/C15H15N5O/c16-14-11-7-10(5-6-12(11)19-15(17)20-14)18-8-9-3-1-2-4-13(9)21/h1-7,18,21H,8H2,(H4,16,17,19,20).